The predicted octanol–water partition coefficient (Wildman–Crippen LogP) is 3.67. The molecule has 0 atom stereocenters. The Kier molecular flexibility index (Phi) is 4.68. The minimum atomic E-state index is -0.953. The lowest BCUT2D eigenvalue weighted by molar-refractivity contribution is 0.0692. The maximum atomic E-state index is 11.3. The third-order valence-electron chi connectivity index (χ3n) is 2.83. The van der Waals surface area contributed by atoms with Crippen LogP contribution in [-0.4, -0.2) is 29.7 Å². The molecule has 0 bridgehead atoms. The van der Waals surface area contributed by atoms with E-state index in [-0.39, 0.29) is 5.56 Å². The van der Waals surface area contributed by atoms with Crippen LogP contribution in [0.3, 0.4) is 0 Å². The van der Waals surface area contributed by atoms with E-state index < -0.39 is 5.97 Å². The molecule has 0 aromatic heterocycles. The second kappa shape index (κ2) is 6.48. The molecule has 0 fully saturated rings. The topological polar surface area (TPSA) is 46.5 Å². The van der Waals surface area contributed by atoms with Crippen molar-refractivity contribution in [3.8, 4) is 5.75 Å². The highest BCUT2D eigenvalue weighted by molar-refractivity contribution is 7.98. The Labute approximate surface area is 116 Å². The highest BCUT2D eigenvalue weighted by Gasteiger charge is 2.12. The molecule has 100 valence electrons. The van der Waals surface area contributed by atoms with E-state index in [0.717, 1.165) is 22.9 Å². The number of hydrogen-bond acceptors (Lipinski definition) is 3. The van der Waals surface area contributed by atoms with Gasteiger partial charge in [-0.2, -0.15) is 11.8 Å². The number of carboxylic acids is 1. The average Bonchev–Trinajstić information content (AvgIpc) is 2.42. The minimum Gasteiger partial charge on any atom is -0.493 e. The van der Waals surface area contributed by atoms with E-state index in [1.54, 1.807) is 23.9 Å². The molecule has 1 N–H and O–H groups in total. The second-order valence-corrected chi connectivity index (χ2v) is 5.18. The van der Waals surface area contributed by atoms with Crippen LogP contribution in [0.1, 0.15) is 16.8 Å². The number of thioether (sulfide) groups is 1. The molecular formula is C15H16O3S. The smallest absolute Gasteiger partial charge is 0.339 e. The minimum absolute atomic E-state index is 0.225. The zero-order valence-corrected chi connectivity index (χ0v) is 11.6. The number of rotatable bonds is 6. The quantitative estimate of drug-likeness (QED) is 0.818. The van der Waals surface area contributed by atoms with Gasteiger partial charge in [0.15, 0.2) is 0 Å². The van der Waals surface area contributed by atoms with Crippen molar-refractivity contribution in [2.24, 2.45) is 0 Å². The summed E-state index contributed by atoms with van der Waals surface area (Å²) in [6.07, 6.45) is 2.95. The van der Waals surface area contributed by atoms with Crippen LogP contribution in [0.15, 0.2) is 36.4 Å². The maximum absolute atomic E-state index is 11.3. The van der Waals surface area contributed by atoms with Gasteiger partial charge in [-0.25, -0.2) is 4.79 Å². The molecule has 19 heavy (non-hydrogen) atoms. The van der Waals surface area contributed by atoms with Crippen LogP contribution >= 0.6 is 11.8 Å². The number of hydrogen-bond donors (Lipinski definition) is 1. The summed E-state index contributed by atoms with van der Waals surface area (Å²) in [7, 11) is 0. The van der Waals surface area contributed by atoms with Crippen LogP contribution in [-0.2, 0) is 0 Å². The first kappa shape index (κ1) is 13.7. The summed E-state index contributed by atoms with van der Waals surface area (Å²) in [5.41, 5.74) is 0.225. The van der Waals surface area contributed by atoms with E-state index in [1.807, 2.05) is 30.5 Å². The van der Waals surface area contributed by atoms with Crippen molar-refractivity contribution in [1.82, 2.24) is 0 Å². The van der Waals surface area contributed by atoms with Gasteiger partial charge in [-0.1, -0.05) is 24.3 Å². The molecule has 0 heterocycles. The summed E-state index contributed by atoms with van der Waals surface area (Å²) >= 11 is 1.75. The lowest BCUT2D eigenvalue weighted by atomic mass is 10.1. The monoisotopic (exact) mass is 276 g/mol. The summed E-state index contributed by atoms with van der Waals surface area (Å²) in [5.74, 6) is 0.508. The van der Waals surface area contributed by atoms with E-state index in [2.05, 4.69) is 0 Å². The summed E-state index contributed by atoms with van der Waals surface area (Å²) < 4.78 is 5.61. The summed E-state index contributed by atoms with van der Waals surface area (Å²) in [4.78, 5) is 11.3. The molecule has 0 aliphatic heterocycles. The largest absolute Gasteiger partial charge is 0.493 e. The Hall–Kier alpha value is -1.68. The van der Waals surface area contributed by atoms with Gasteiger partial charge in [0, 0.05) is 0 Å². The number of benzene rings is 2. The zero-order chi connectivity index (χ0) is 13.7. The van der Waals surface area contributed by atoms with Crippen LogP contribution in [0, 0.1) is 0 Å². The van der Waals surface area contributed by atoms with Gasteiger partial charge in [-0.15, -0.1) is 0 Å². The fourth-order valence-corrected chi connectivity index (χ4v) is 2.30. The Morgan fingerprint density at radius 1 is 1.26 bits per heavy atom. The fraction of sp³-hybridized carbons (Fsp3) is 0.267. The molecule has 0 aliphatic carbocycles. The molecule has 0 saturated carbocycles. The Balaban J connectivity index is 2.28. The fourth-order valence-electron chi connectivity index (χ4n) is 1.89. The van der Waals surface area contributed by atoms with Crippen LogP contribution in [0.4, 0.5) is 0 Å². The first-order chi connectivity index (χ1) is 9.22. The molecule has 0 amide bonds. The number of aromatic carboxylic acids is 1. The molecule has 2 aromatic rings. The lowest BCUT2D eigenvalue weighted by Crippen LogP contribution is -2.05. The second-order valence-electron chi connectivity index (χ2n) is 4.20. The zero-order valence-electron chi connectivity index (χ0n) is 10.8. The predicted molar refractivity (Wildman–Crippen MR) is 79.4 cm³/mol. The van der Waals surface area contributed by atoms with Gasteiger partial charge in [-0.3, -0.25) is 0 Å². The molecule has 0 radical (unpaired) electrons. The number of ether oxygens (including phenoxy) is 1. The van der Waals surface area contributed by atoms with Crippen LogP contribution in [0.25, 0.3) is 10.8 Å². The molecule has 0 saturated heterocycles. The first-order valence-electron chi connectivity index (χ1n) is 6.10. The van der Waals surface area contributed by atoms with Gasteiger partial charge in [0.05, 0.1) is 6.61 Å². The number of carbonyl (C=O) groups is 1. The first-order valence-corrected chi connectivity index (χ1v) is 7.49. The summed E-state index contributed by atoms with van der Waals surface area (Å²) in [6, 6.07) is 11.2. The Morgan fingerprint density at radius 2 is 1.95 bits per heavy atom. The van der Waals surface area contributed by atoms with E-state index in [0.29, 0.717) is 12.4 Å². The highest BCUT2D eigenvalue weighted by Crippen LogP contribution is 2.26. The molecule has 2 rings (SSSR count). The van der Waals surface area contributed by atoms with Crippen molar-refractivity contribution in [3.05, 3.63) is 42.0 Å². The van der Waals surface area contributed by atoms with Gasteiger partial charge < -0.3 is 9.84 Å². The van der Waals surface area contributed by atoms with Crippen molar-refractivity contribution in [1.29, 1.82) is 0 Å². The average molecular weight is 276 g/mol. The molecular weight excluding hydrogens is 260 g/mol. The number of carboxylic acid groups (broad SMARTS) is 1. The van der Waals surface area contributed by atoms with Crippen molar-refractivity contribution in [3.63, 3.8) is 0 Å². The van der Waals surface area contributed by atoms with Crippen molar-refractivity contribution < 1.29 is 14.6 Å². The van der Waals surface area contributed by atoms with E-state index in [4.69, 9.17) is 4.74 Å². The third-order valence-corrected chi connectivity index (χ3v) is 3.53. The maximum Gasteiger partial charge on any atom is 0.339 e. The molecule has 2 aromatic carbocycles. The standard InChI is InChI=1S/C15H16O3S/c1-19-8-4-7-18-14-10-12-6-3-2-5-11(12)9-13(14)15(16)17/h2-3,5-6,9-10H,4,7-8H2,1H3,(H,16,17). The van der Waals surface area contributed by atoms with Crippen molar-refractivity contribution in [2.45, 2.75) is 6.42 Å². The molecule has 0 spiro atoms. The highest BCUT2D eigenvalue weighted by atomic mass is 32.2. The van der Waals surface area contributed by atoms with E-state index in [1.165, 1.54) is 0 Å². The van der Waals surface area contributed by atoms with Crippen LogP contribution < -0.4 is 4.74 Å². The van der Waals surface area contributed by atoms with Crippen LogP contribution in [0.5, 0.6) is 5.75 Å². The summed E-state index contributed by atoms with van der Waals surface area (Å²) in [5, 5.41) is 11.1. The SMILES string of the molecule is CSCCCOc1cc2ccccc2cc1C(=O)O. The van der Waals surface area contributed by atoms with Gasteiger partial charge in [0.1, 0.15) is 11.3 Å². The van der Waals surface area contributed by atoms with Gasteiger partial charge in [0.25, 0.3) is 0 Å². The van der Waals surface area contributed by atoms with Crippen LogP contribution in [0.2, 0.25) is 0 Å². The van der Waals surface area contributed by atoms with E-state index >= 15 is 0 Å². The van der Waals surface area contributed by atoms with Gasteiger partial charge in [-0.05, 0) is 41.3 Å². The lowest BCUT2D eigenvalue weighted by Gasteiger charge is -2.10. The molecule has 3 nitrogen and oxygen atoms in total. The molecule has 0 aliphatic rings. The molecule has 0 unspecified atom stereocenters. The Bertz CT molecular complexity index is 581. The van der Waals surface area contributed by atoms with Crippen molar-refractivity contribution >= 4 is 28.5 Å². The van der Waals surface area contributed by atoms with Gasteiger partial charge >= 0.3 is 5.97 Å². The molecule has 4 heteroatoms. The third kappa shape index (κ3) is 3.41. The van der Waals surface area contributed by atoms with Crippen molar-refractivity contribution in [2.75, 3.05) is 18.6 Å². The van der Waals surface area contributed by atoms with E-state index in [9.17, 15) is 9.90 Å². The number of fused-ring (bicyclic) bond motifs is 1. The summed E-state index contributed by atoms with van der Waals surface area (Å²) in [6.45, 7) is 0.541. The normalized spacial score (nSPS) is 10.6. The van der Waals surface area contributed by atoms with Gasteiger partial charge in [0.2, 0.25) is 0 Å². The Morgan fingerprint density at radius 3 is 2.58 bits per heavy atom.